The number of amides is 2. The summed E-state index contributed by atoms with van der Waals surface area (Å²) in [5, 5.41) is 7.37. The molecule has 7 heteroatoms. The van der Waals surface area contributed by atoms with Crippen LogP contribution in [0.4, 0.5) is 5.69 Å². The molecule has 0 radical (unpaired) electrons. The largest absolute Gasteiger partial charge is 0.494 e. The van der Waals surface area contributed by atoms with Crippen molar-refractivity contribution in [3.8, 4) is 5.75 Å². The van der Waals surface area contributed by atoms with Crippen molar-refractivity contribution in [2.24, 2.45) is 5.10 Å². The quantitative estimate of drug-likeness (QED) is 0.296. The number of carbonyl (C=O) groups is 2. The van der Waals surface area contributed by atoms with Crippen LogP contribution >= 0.6 is 11.6 Å². The molecule has 0 aliphatic heterocycles. The van der Waals surface area contributed by atoms with Gasteiger partial charge in [-0.15, -0.1) is 0 Å². The van der Waals surface area contributed by atoms with Crippen LogP contribution in [-0.2, 0) is 9.59 Å². The first-order valence-corrected chi connectivity index (χ1v) is 10.5. The second kappa shape index (κ2) is 12.6. The average Bonchev–Trinajstić information content (AvgIpc) is 2.73. The number of ether oxygens (including phenoxy) is 1. The molecule has 2 amide bonds. The molecular weight excluding hydrogens is 402 g/mol. The maximum Gasteiger partial charge on any atom is 0.240 e. The van der Waals surface area contributed by atoms with E-state index in [0.717, 1.165) is 29.7 Å². The van der Waals surface area contributed by atoms with Crippen LogP contribution in [0.15, 0.2) is 47.6 Å². The lowest BCUT2D eigenvalue weighted by Crippen LogP contribution is -2.18. The number of hydrazone groups is 1. The number of anilines is 1. The fourth-order valence-corrected chi connectivity index (χ4v) is 2.76. The monoisotopic (exact) mass is 429 g/mol. The fraction of sp³-hybridized carbons (Fsp3) is 0.348. The van der Waals surface area contributed by atoms with Crippen LogP contribution in [0.5, 0.6) is 5.75 Å². The van der Waals surface area contributed by atoms with Crippen molar-refractivity contribution in [2.75, 3.05) is 11.9 Å². The molecule has 2 rings (SSSR count). The standard InChI is InChI=1S/C23H28ClN3O3/c1-3-4-15-30-19-13-11-18(12-14-19)16-25-27-23(29)10-6-9-22(28)26-21-8-5-7-20(24)17(21)2/h5,7-8,11-14,16H,3-4,6,9-10,15H2,1-2H3,(H,26,28)(H,27,29)/b25-16-. The van der Waals surface area contributed by atoms with Crippen LogP contribution in [-0.4, -0.2) is 24.6 Å². The number of unbranched alkanes of at least 4 members (excludes halogenated alkanes) is 1. The maximum atomic E-state index is 12.0. The number of nitrogens with zero attached hydrogens (tertiary/aromatic N) is 1. The van der Waals surface area contributed by atoms with Gasteiger partial charge in [-0.2, -0.15) is 5.10 Å². The third-order valence-corrected chi connectivity index (χ3v) is 4.81. The van der Waals surface area contributed by atoms with Crippen molar-refractivity contribution in [2.45, 2.75) is 46.0 Å². The van der Waals surface area contributed by atoms with Crippen molar-refractivity contribution in [3.05, 3.63) is 58.6 Å². The minimum Gasteiger partial charge on any atom is -0.494 e. The minimum atomic E-state index is -0.238. The van der Waals surface area contributed by atoms with Gasteiger partial charge in [0.1, 0.15) is 5.75 Å². The summed E-state index contributed by atoms with van der Waals surface area (Å²) in [6.45, 7) is 4.67. The lowest BCUT2D eigenvalue weighted by molar-refractivity contribution is -0.121. The van der Waals surface area contributed by atoms with Crippen molar-refractivity contribution >= 4 is 35.3 Å². The van der Waals surface area contributed by atoms with Gasteiger partial charge in [0.25, 0.3) is 0 Å². The normalized spacial score (nSPS) is 10.8. The first-order valence-electron chi connectivity index (χ1n) is 10.1. The molecule has 0 aliphatic carbocycles. The number of benzene rings is 2. The fourth-order valence-electron chi connectivity index (χ4n) is 2.58. The average molecular weight is 430 g/mol. The first kappa shape index (κ1) is 23.4. The Bertz CT molecular complexity index is 866. The summed E-state index contributed by atoms with van der Waals surface area (Å²) in [4.78, 5) is 23.9. The summed E-state index contributed by atoms with van der Waals surface area (Å²) in [6, 6.07) is 12.8. The highest BCUT2D eigenvalue weighted by molar-refractivity contribution is 6.31. The van der Waals surface area contributed by atoms with E-state index in [-0.39, 0.29) is 24.7 Å². The predicted molar refractivity (Wildman–Crippen MR) is 121 cm³/mol. The smallest absolute Gasteiger partial charge is 0.240 e. The summed E-state index contributed by atoms with van der Waals surface area (Å²) < 4.78 is 5.60. The molecular formula is C23H28ClN3O3. The van der Waals surface area contributed by atoms with E-state index in [9.17, 15) is 9.59 Å². The molecule has 0 aromatic heterocycles. The summed E-state index contributed by atoms with van der Waals surface area (Å²) >= 11 is 6.05. The summed E-state index contributed by atoms with van der Waals surface area (Å²) in [7, 11) is 0. The predicted octanol–water partition coefficient (Wildman–Crippen LogP) is 5.09. The second-order valence-corrected chi connectivity index (χ2v) is 7.29. The highest BCUT2D eigenvalue weighted by Crippen LogP contribution is 2.23. The number of hydrogen-bond acceptors (Lipinski definition) is 4. The lowest BCUT2D eigenvalue weighted by atomic mass is 10.2. The third kappa shape index (κ3) is 8.25. The number of hydrogen-bond donors (Lipinski definition) is 2. The zero-order chi connectivity index (χ0) is 21.8. The molecule has 0 aliphatic rings. The number of carbonyl (C=O) groups excluding carboxylic acids is 2. The van der Waals surface area contributed by atoms with Gasteiger partial charge in [-0.05, 0) is 67.3 Å². The van der Waals surface area contributed by atoms with Crippen molar-refractivity contribution in [1.29, 1.82) is 0 Å². The molecule has 0 bridgehead atoms. The summed E-state index contributed by atoms with van der Waals surface area (Å²) in [5.74, 6) is 0.422. The van der Waals surface area contributed by atoms with E-state index in [0.29, 0.717) is 23.7 Å². The maximum absolute atomic E-state index is 12.0. The van der Waals surface area contributed by atoms with Gasteiger partial charge < -0.3 is 10.1 Å². The van der Waals surface area contributed by atoms with Gasteiger partial charge in [-0.1, -0.05) is 31.0 Å². The Kier molecular flexibility index (Phi) is 9.87. The van der Waals surface area contributed by atoms with E-state index in [2.05, 4.69) is 22.8 Å². The number of halogens is 1. The van der Waals surface area contributed by atoms with Crippen molar-refractivity contribution < 1.29 is 14.3 Å². The minimum absolute atomic E-state index is 0.155. The zero-order valence-electron chi connectivity index (χ0n) is 17.4. The third-order valence-electron chi connectivity index (χ3n) is 4.40. The van der Waals surface area contributed by atoms with Crippen molar-refractivity contribution in [3.63, 3.8) is 0 Å². The van der Waals surface area contributed by atoms with E-state index in [1.54, 1.807) is 24.4 Å². The molecule has 0 heterocycles. The van der Waals surface area contributed by atoms with Gasteiger partial charge in [-0.3, -0.25) is 9.59 Å². The lowest BCUT2D eigenvalue weighted by Gasteiger charge is -2.09. The topological polar surface area (TPSA) is 79.8 Å². The molecule has 2 N–H and O–H groups in total. The SMILES string of the molecule is CCCCOc1ccc(/C=N\NC(=O)CCCC(=O)Nc2cccc(Cl)c2C)cc1. The first-order chi connectivity index (χ1) is 14.5. The van der Waals surface area contributed by atoms with Crippen LogP contribution in [0, 0.1) is 6.92 Å². The highest BCUT2D eigenvalue weighted by Gasteiger charge is 2.08. The van der Waals surface area contributed by atoms with Gasteiger partial charge >= 0.3 is 0 Å². The van der Waals surface area contributed by atoms with Gasteiger partial charge in [0.05, 0.1) is 12.8 Å². The Morgan fingerprint density at radius 2 is 1.80 bits per heavy atom. The zero-order valence-corrected chi connectivity index (χ0v) is 18.2. The van der Waals surface area contributed by atoms with Gasteiger partial charge in [-0.25, -0.2) is 5.43 Å². The number of nitrogens with one attached hydrogen (secondary N) is 2. The summed E-state index contributed by atoms with van der Waals surface area (Å²) in [5.41, 5.74) is 4.84. The number of rotatable bonds is 11. The van der Waals surface area contributed by atoms with Crippen LogP contribution in [0.3, 0.4) is 0 Å². The van der Waals surface area contributed by atoms with E-state index in [4.69, 9.17) is 16.3 Å². The highest BCUT2D eigenvalue weighted by atomic mass is 35.5. The molecule has 0 atom stereocenters. The van der Waals surface area contributed by atoms with Gasteiger partial charge in [0.2, 0.25) is 11.8 Å². The molecule has 0 unspecified atom stereocenters. The molecule has 6 nitrogen and oxygen atoms in total. The molecule has 0 saturated carbocycles. The molecule has 160 valence electrons. The summed E-state index contributed by atoms with van der Waals surface area (Å²) in [6.07, 6.45) is 4.57. The van der Waals surface area contributed by atoms with Gasteiger partial charge in [0.15, 0.2) is 0 Å². The van der Waals surface area contributed by atoms with Crippen LogP contribution in [0.25, 0.3) is 0 Å². The molecule has 0 spiro atoms. The van der Waals surface area contributed by atoms with E-state index < -0.39 is 0 Å². The molecule has 2 aromatic rings. The molecule has 2 aromatic carbocycles. The molecule has 0 fully saturated rings. The Labute approximate surface area is 182 Å². The Morgan fingerprint density at radius 1 is 1.07 bits per heavy atom. The van der Waals surface area contributed by atoms with Crippen LogP contribution in [0.2, 0.25) is 5.02 Å². The Hall–Kier alpha value is -2.86. The van der Waals surface area contributed by atoms with Crippen LogP contribution in [0.1, 0.15) is 50.2 Å². The molecule has 0 saturated heterocycles. The second-order valence-electron chi connectivity index (χ2n) is 6.88. The van der Waals surface area contributed by atoms with Crippen molar-refractivity contribution in [1.82, 2.24) is 5.43 Å². The van der Waals surface area contributed by atoms with E-state index in [1.807, 2.05) is 31.2 Å². The Balaban J connectivity index is 1.67. The Morgan fingerprint density at radius 3 is 2.53 bits per heavy atom. The van der Waals surface area contributed by atoms with E-state index in [1.165, 1.54) is 0 Å². The van der Waals surface area contributed by atoms with E-state index >= 15 is 0 Å². The molecule has 30 heavy (non-hydrogen) atoms. The van der Waals surface area contributed by atoms with Gasteiger partial charge in [0, 0.05) is 23.6 Å². The van der Waals surface area contributed by atoms with Crippen LogP contribution < -0.4 is 15.5 Å².